The summed E-state index contributed by atoms with van der Waals surface area (Å²) in [5.74, 6) is -3.90. The van der Waals surface area contributed by atoms with Gasteiger partial charge in [0.1, 0.15) is 11.5 Å². The van der Waals surface area contributed by atoms with Gasteiger partial charge in [-0.05, 0) is 105 Å². The van der Waals surface area contributed by atoms with Gasteiger partial charge in [-0.15, -0.1) is 0 Å². The Morgan fingerprint density at radius 3 is 2.39 bits per heavy atom. The standard InChI is InChI=1S/C35H43F2N3O5S/c1-2-3-17-44-30-10-6-7-25(20-30)35(36,37)33(34(41)40-27-13-14-28(40)22-26(38)21-27)39-46(42,43)32-16-12-23-18-31(15-11-24(23)19-32)45-29-8-4-5-9-29/h6-7,10-12,15-16,18-20,26-29,33,39H,2-5,8-9,13-14,17,21-22,38H2,1H3. The number of halogens is 2. The number of nitrogens with one attached hydrogen (secondary N) is 1. The van der Waals surface area contributed by atoms with Crippen molar-refractivity contribution in [2.75, 3.05) is 6.61 Å². The minimum Gasteiger partial charge on any atom is -0.494 e. The van der Waals surface area contributed by atoms with Crippen molar-refractivity contribution >= 4 is 26.7 Å². The van der Waals surface area contributed by atoms with Crippen molar-refractivity contribution in [2.45, 2.75) is 112 Å². The fraction of sp³-hybridized carbons (Fsp3) is 0.514. The number of unbranched alkanes of at least 4 members (excludes halogenated alkanes) is 1. The average molecular weight is 656 g/mol. The summed E-state index contributed by atoms with van der Waals surface area (Å²) in [6.45, 7) is 2.35. The topological polar surface area (TPSA) is 111 Å². The molecule has 3 atom stereocenters. The van der Waals surface area contributed by atoms with Gasteiger partial charge in [0.25, 0.3) is 5.92 Å². The van der Waals surface area contributed by atoms with E-state index in [1.807, 2.05) is 13.0 Å². The molecule has 3 aromatic carbocycles. The second-order valence-electron chi connectivity index (χ2n) is 13.0. The molecule has 3 unspecified atom stereocenters. The number of nitrogens with two attached hydrogens (primary N) is 1. The molecule has 0 radical (unpaired) electrons. The maximum Gasteiger partial charge on any atom is 0.298 e. The second kappa shape index (κ2) is 13.4. The second-order valence-corrected chi connectivity index (χ2v) is 14.7. The van der Waals surface area contributed by atoms with E-state index in [1.54, 1.807) is 24.3 Å². The van der Waals surface area contributed by atoms with Gasteiger partial charge >= 0.3 is 0 Å². The Morgan fingerprint density at radius 2 is 1.67 bits per heavy atom. The molecule has 2 heterocycles. The third kappa shape index (κ3) is 6.87. The van der Waals surface area contributed by atoms with Gasteiger partial charge < -0.3 is 20.1 Å². The molecule has 3 aromatic rings. The van der Waals surface area contributed by atoms with Gasteiger partial charge in [0, 0.05) is 23.7 Å². The molecule has 1 saturated carbocycles. The zero-order chi connectivity index (χ0) is 32.5. The summed E-state index contributed by atoms with van der Waals surface area (Å²) in [7, 11) is -4.57. The van der Waals surface area contributed by atoms with Crippen molar-refractivity contribution in [1.82, 2.24) is 9.62 Å². The number of sulfonamides is 1. The van der Waals surface area contributed by atoms with Crippen LogP contribution in [0.4, 0.5) is 8.78 Å². The van der Waals surface area contributed by atoms with E-state index in [1.165, 1.54) is 35.2 Å². The van der Waals surface area contributed by atoms with Crippen LogP contribution < -0.4 is 19.9 Å². The first-order chi connectivity index (χ1) is 22.0. The van der Waals surface area contributed by atoms with E-state index in [4.69, 9.17) is 15.2 Å². The van der Waals surface area contributed by atoms with Crippen molar-refractivity contribution in [3.63, 3.8) is 0 Å². The molecule has 3 aliphatic rings. The Labute approximate surface area is 269 Å². The normalized spacial score (nSPS) is 22.7. The number of hydrogen-bond donors (Lipinski definition) is 2. The zero-order valence-corrected chi connectivity index (χ0v) is 27.0. The quantitative estimate of drug-likeness (QED) is 0.223. The van der Waals surface area contributed by atoms with Crippen LogP contribution in [0.25, 0.3) is 10.8 Å². The number of rotatable bonds is 12. The molecule has 248 valence electrons. The summed E-state index contributed by atoms with van der Waals surface area (Å²) < 4.78 is 74.8. The smallest absolute Gasteiger partial charge is 0.298 e. The molecule has 3 fully saturated rings. The van der Waals surface area contributed by atoms with Crippen molar-refractivity contribution < 1.29 is 31.5 Å². The summed E-state index contributed by atoms with van der Waals surface area (Å²) in [6, 6.07) is 12.1. The Morgan fingerprint density at radius 1 is 0.978 bits per heavy atom. The lowest BCUT2D eigenvalue weighted by molar-refractivity contribution is -0.149. The number of fused-ring (bicyclic) bond motifs is 3. The first-order valence-electron chi connectivity index (χ1n) is 16.5. The molecule has 0 aromatic heterocycles. The number of carbonyl (C=O) groups is 1. The molecular weight excluding hydrogens is 612 g/mol. The average Bonchev–Trinajstić information content (AvgIpc) is 3.64. The monoisotopic (exact) mass is 655 g/mol. The molecule has 2 aliphatic heterocycles. The number of carbonyl (C=O) groups excluding carboxylic acids is 1. The lowest BCUT2D eigenvalue weighted by Crippen LogP contribution is -2.60. The van der Waals surface area contributed by atoms with Gasteiger partial charge in [0.2, 0.25) is 15.9 Å². The Balaban J connectivity index is 1.31. The third-order valence-electron chi connectivity index (χ3n) is 9.59. The van der Waals surface area contributed by atoms with E-state index >= 15 is 8.78 Å². The minimum absolute atomic E-state index is 0.129. The van der Waals surface area contributed by atoms with Crippen LogP contribution in [0, 0.1) is 0 Å². The molecule has 46 heavy (non-hydrogen) atoms. The van der Waals surface area contributed by atoms with Crippen LogP contribution in [-0.2, 0) is 20.7 Å². The summed E-state index contributed by atoms with van der Waals surface area (Å²) in [5, 5.41) is 1.37. The molecule has 8 nitrogen and oxygen atoms in total. The van der Waals surface area contributed by atoms with Crippen LogP contribution in [0.2, 0.25) is 0 Å². The Bertz CT molecular complexity index is 1650. The van der Waals surface area contributed by atoms with Crippen molar-refractivity contribution in [3.8, 4) is 11.5 Å². The van der Waals surface area contributed by atoms with Crippen molar-refractivity contribution in [3.05, 3.63) is 66.2 Å². The highest BCUT2D eigenvalue weighted by Gasteiger charge is 2.53. The number of amides is 1. The SMILES string of the molecule is CCCCOc1cccc(C(F)(F)C(NS(=O)(=O)c2ccc3cc(OC4CCCC4)ccc3c2)C(=O)N2C3CCC2CC(N)C3)c1. The number of ether oxygens (including phenoxy) is 2. The van der Waals surface area contributed by atoms with E-state index in [2.05, 4.69) is 4.72 Å². The predicted octanol–water partition coefficient (Wildman–Crippen LogP) is 6.26. The lowest BCUT2D eigenvalue weighted by Gasteiger charge is -2.41. The first-order valence-corrected chi connectivity index (χ1v) is 17.9. The van der Waals surface area contributed by atoms with Gasteiger partial charge in [-0.1, -0.05) is 37.6 Å². The van der Waals surface area contributed by atoms with Gasteiger partial charge in [-0.25, -0.2) is 8.42 Å². The Hall–Kier alpha value is -3.28. The molecule has 2 saturated heterocycles. The molecule has 2 bridgehead atoms. The number of hydrogen-bond acceptors (Lipinski definition) is 6. The van der Waals surface area contributed by atoms with Crippen LogP contribution in [-0.4, -0.2) is 56.1 Å². The molecule has 6 rings (SSSR count). The number of nitrogens with zero attached hydrogens (tertiary/aromatic N) is 1. The molecule has 1 aliphatic carbocycles. The summed E-state index contributed by atoms with van der Waals surface area (Å²) in [5.41, 5.74) is 5.69. The fourth-order valence-electron chi connectivity index (χ4n) is 7.17. The number of piperidine rings is 1. The third-order valence-corrected chi connectivity index (χ3v) is 11.0. The number of benzene rings is 3. The minimum atomic E-state index is -4.57. The zero-order valence-electron chi connectivity index (χ0n) is 26.2. The largest absolute Gasteiger partial charge is 0.494 e. The molecular formula is C35H43F2N3O5S. The highest BCUT2D eigenvalue weighted by atomic mass is 32.2. The van der Waals surface area contributed by atoms with Gasteiger partial charge in [-0.3, -0.25) is 4.79 Å². The molecule has 3 N–H and O–H groups in total. The van der Waals surface area contributed by atoms with Crippen molar-refractivity contribution in [1.29, 1.82) is 0 Å². The van der Waals surface area contributed by atoms with E-state index in [0.717, 1.165) is 43.9 Å². The summed E-state index contributed by atoms with van der Waals surface area (Å²) in [6.07, 6.45) is 8.37. The maximum absolute atomic E-state index is 16.6. The van der Waals surface area contributed by atoms with Crippen LogP contribution in [0.5, 0.6) is 11.5 Å². The highest BCUT2D eigenvalue weighted by Crippen LogP contribution is 2.40. The maximum atomic E-state index is 16.6. The van der Waals surface area contributed by atoms with E-state index < -0.39 is 33.5 Å². The lowest BCUT2D eigenvalue weighted by atomic mass is 9.94. The summed E-state index contributed by atoms with van der Waals surface area (Å²) in [4.78, 5) is 15.4. The van der Waals surface area contributed by atoms with Crippen molar-refractivity contribution in [2.24, 2.45) is 5.73 Å². The van der Waals surface area contributed by atoms with Crippen LogP contribution in [0.1, 0.15) is 76.7 Å². The van der Waals surface area contributed by atoms with Crippen LogP contribution in [0.3, 0.4) is 0 Å². The Kier molecular flexibility index (Phi) is 9.55. The van der Waals surface area contributed by atoms with Crippen LogP contribution >= 0.6 is 0 Å². The van der Waals surface area contributed by atoms with Gasteiger partial charge in [0.15, 0.2) is 6.04 Å². The molecule has 11 heteroatoms. The highest BCUT2D eigenvalue weighted by molar-refractivity contribution is 7.89. The fourth-order valence-corrected chi connectivity index (χ4v) is 8.39. The number of alkyl halides is 2. The van der Waals surface area contributed by atoms with Gasteiger partial charge in [-0.2, -0.15) is 13.5 Å². The van der Waals surface area contributed by atoms with E-state index in [-0.39, 0.29) is 34.9 Å². The first kappa shape index (κ1) is 32.7. The van der Waals surface area contributed by atoms with E-state index in [9.17, 15) is 13.2 Å². The van der Waals surface area contributed by atoms with E-state index in [0.29, 0.717) is 43.4 Å². The summed E-state index contributed by atoms with van der Waals surface area (Å²) >= 11 is 0. The molecule has 0 spiro atoms. The molecule has 1 amide bonds. The van der Waals surface area contributed by atoms with Gasteiger partial charge in [0.05, 0.1) is 17.6 Å². The predicted molar refractivity (Wildman–Crippen MR) is 173 cm³/mol. The van der Waals surface area contributed by atoms with Crippen LogP contribution in [0.15, 0.2) is 65.6 Å².